The van der Waals surface area contributed by atoms with E-state index in [4.69, 9.17) is 0 Å². The maximum absolute atomic E-state index is 11.9. The van der Waals surface area contributed by atoms with Crippen molar-refractivity contribution in [1.82, 2.24) is 4.72 Å². The van der Waals surface area contributed by atoms with Gasteiger partial charge in [0, 0.05) is 38.2 Å². The highest BCUT2D eigenvalue weighted by molar-refractivity contribution is 7.89. The molecule has 0 radical (unpaired) electrons. The van der Waals surface area contributed by atoms with Gasteiger partial charge >= 0.3 is 0 Å². The van der Waals surface area contributed by atoms with Crippen molar-refractivity contribution >= 4 is 15.7 Å². The summed E-state index contributed by atoms with van der Waals surface area (Å²) in [5, 5.41) is 0. The Kier molecular flexibility index (Phi) is 6.21. The molecular weight excluding hydrogens is 310 g/mol. The van der Waals surface area contributed by atoms with E-state index in [0.29, 0.717) is 6.54 Å². The summed E-state index contributed by atoms with van der Waals surface area (Å²) in [6, 6.07) is 8.58. The molecule has 1 aliphatic rings. The van der Waals surface area contributed by atoms with E-state index in [2.05, 4.69) is 40.5 Å². The number of hydrogen-bond acceptors (Lipinski definition) is 3. The van der Waals surface area contributed by atoms with E-state index in [1.165, 1.54) is 29.4 Å². The average molecular weight is 338 g/mol. The lowest BCUT2D eigenvalue weighted by Crippen LogP contribution is -3.11. The maximum Gasteiger partial charge on any atom is 0.215 e. The Bertz CT molecular complexity index is 605. The van der Waals surface area contributed by atoms with Gasteiger partial charge in [0.25, 0.3) is 0 Å². The second-order valence-corrected chi connectivity index (χ2v) is 8.17. The van der Waals surface area contributed by atoms with Gasteiger partial charge in [-0.25, -0.2) is 13.1 Å². The van der Waals surface area contributed by atoms with Crippen LogP contribution in [0.15, 0.2) is 36.9 Å². The van der Waals surface area contributed by atoms with E-state index in [1.54, 1.807) is 0 Å². The predicted octanol–water partition coefficient (Wildman–Crippen LogP) is 0.578. The first-order chi connectivity index (χ1) is 10.9. The third kappa shape index (κ3) is 5.06. The van der Waals surface area contributed by atoms with Crippen molar-refractivity contribution < 1.29 is 13.3 Å². The Morgan fingerprint density at radius 3 is 2.39 bits per heavy atom. The van der Waals surface area contributed by atoms with Crippen molar-refractivity contribution in [1.29, 1.82) is 0 Å². The second kappa shape index (κ2) is 7.95. The van der Waals surface area contributed by atoms with Crippen LogP contribution in [0.25, 0.3) is 0 Å². The van der Waals surface area contributed by atoms with Gasteiger partial charge in [-0.1, -0.05) is 18.2 Å². The van der Waals surface area contributed by atoms with Crippen LogP contribution >= 0.6 is 0 Å². The molecule has 1 aliphatic heterocycles. The average Bonchev–Trinajstić information content (AvgIpc) is 3.02. The largest absolute Gasteiger partial charge is 0.378 e. The number of benzene rings is 1. The summed E-state index contributed by atoms with van der Waals surface area (Å²) >= 11 is 0. The van der Waals surface area contributed by atoms with E-state index in [0.717, 1.165) is 18.8 Å². The van der Waals surface area contributed by atoms with Gasteiger partial charge in [-0.15, -0.1) is 6.58 Å². The van der Waals surface area contributed by atoms with Crippen LogP contribution in [0.3, 0.4) is 0 Å². The van der Waals surface area contributed by atoms with E-state index in [1.807, 2.05) is 14.1 Å². The summed E-state index contributed by atoms with van der Waals surface area (Å²) in [5.74, 6) is -0.0331. The lowest BCUT2D eigenvalue weighted by Gasteiger charge is -2.25. The maximum atomic E-state index is 11.9. The zero-order valence-corrected chi connectivity index (χ0v) is 14.9. The molecule has 2 rings (SSSR count). The SMILES string of the molecule is C=CCS(=O)(=O)NC[C@H](c1ccc(N(C)C)cc1)[NH+]1CCCC1. The van der Waals surface area contributed by atoms with Crippen molar-refractivity contribution in [2.75, 3.05) is 44.4 Å². The molecule has 0 spiro atoms. The summed E-state index contributed by atoms with van der Waals surface area (Å²) < 4.78 is 26.6. The summed E-state index contributed by atoms with van der Waals surface area (Å²) in [7, 11) is 0.756. The number of likely N-dealkylation sites (tertiary alicyclic amines) is 1. The van der Waals surface area contributed by atoms with Crippen LogP contribution in [0.4, 0.5) is 5.69 Å². The molecule has 1 saturated heterocycles. The molecule has 5 nitrogen and oxygen atoms in total. The van der Waals surface area contributed by atoms with E-state index in [9.17, 15) is 8.42 Å². The van der Waals surface area contributed by atoms with Crippen LogP contribution in [0.1, 0.15) is 24.4 Å². The lowest BCUT2D eigenvalue weighted by atomic mass is 10.1. The number of nitrogens with one attached hydrogen (secondary N) is 2. The highest BCUT2D eigenvalue weighted by atomic mass is 32.2. The molecule has 0 amide bonds. The molecule has 23 heavy (non-hydrogen) atoms. The molecular formula is C17H28N3O2S+. The van der Waals surface area contributed by atoms with Gasteiger partial charge in [-0.2, -0.15) is 0 Å². The fourth-order valence-electron chi connectivity index (χ4n) is 3.10. The van der Waals surface area contributed by atoms with Gasteiger partial charge in [0.05, 0.1) is 25.4 Å². The molecule has 0 unspecified atom stereocenters. The highest BCUT2D eigenvalue weighted by Crippen LogP contribution is 2.17. The number of quaternary nitrogens is 1. The molecule has 1 aromatic carbocycles. The van der Waals surface area contributed by atoms with Gasteiger partial charge in [0.2, 0.25) is 10.0 Å². The van der Waals surface area contributed by atoms with Crippen molar-refractivity contribution in [3.05, 3.63) is 42.5 Å². The first-order valence-electron chi connectivity index (χ1n) is 8.13. The van der Waals surface area contributed by atoms with Crippen LogP contribution in [0, 0.1) is 0 Å². The fraction of sp³-hybridized carbons (Fsp3) is 0.529. The van der Waals surface area contributed by atoms with Gasteiger partial charge < -0.3 is 9.80 Å². The van der Waals surface area contributed by atoms with Crippen molar-refractivity contribution in [3.8, 4) is 0 Å². The van der Waals surface area contributed by atoms with Gasteiger partial charge in [-0.3, -0.25) is 0 Å². The number of nitrogens with zero attached hydrogens (tertiary/aromatic N) is 1. The third-order valence-electron chi connectivity index (χ3n) is 4.40. The standard InChI is InChI=1S/C17H27N3O2S/c1-4-13-23(21,22)18-14-17(20-11-5-6-12-20)15-7-9-16(10-8-15)19(2)3/h4,7-10,17-18H,1,5-6,11-14H2,2-3H3/p+1/t17-/m1/s1. The quantitative estimate of drug-likeness (QED) is 0.682. The van der Waals surface area contributed by atoms with Crippen LogP contribution in [0.2, 0.25) is 0 Å². The van der Waals surface area contributed by atoms with Gasteiger partial charge in [0.15, 0.2) is 0 Å². The fourth-order valence-corrected chi connectivity index (χ4v) is 3.95. The molecule has 128 valence electrons. The zero-order chi connectivity index (χ0) is 16.9. The molecule has 1 atom stereocenters. The minimum Gasteiger partial charge on any atom is -0.378 e. The summed E-state index contributed by atoms with van der Waals surface area (Å²) in [6.07, 6.45) is 3.84. The lowest BCUT2D eigenvalue weighted by molar-refractivity contribution is -0.918. The van der Waals surface area contributed by atoms with E-state index < -0.39 is 10.0 Å². The zero-order valence-electron chi connectivity index (χ0n) is 14.1. The summed E-state index contributed by atoms with van der Waals surface area (Å²) in [6.45, 7) is 6.14. The van der Waals surface area contributed by atoms with Crippen molar-refractivity contribution in [2.45, 2.75) is 18.9 Å². The topological polar surface area (TPSA) is 53.9 Å². The number of rotatable bonds is 8. The monoisotopic (exact) mass is 338 g/mol. The Morgan fingerprint density at radius 2 is 1.87 bits per heavy atom. The number of hydrogen-bond donors (Lipinski definition) is 2. The van der Waals surface area contributed by atoms with Crippen molar-refractivity contribution in [2.24, 2.45) is 0 Å². The van der Waals surface area contributed by atoms with E-state index >= 15 is 0 Å². The Balaban J connectivity index is 2.15. The Morgan fingerprint density at radius 1 is 1.26 bits per heavy atom. The molecule has 1 aromatic rings. The van der Waals surface area contributed by atoms with Crippen LogP contribution in [-0.4, -0.2) is 47.9 Å². The summed E-state index contributed by atoms with van der Waals surface area (Å²) in [5.41, 5.74) is 2.34. The second-order valence-electron chi connectivity index (χ2n) is 6.32. The van der Waals surface area contributed by atoms with Crippen LogP contribution in [0.5, 0.6) is 0 Å². The molecule has 0 aliphatic carbocycles. The highest BCUT2D eigenvalue weighted by Gasteiger charge is 2.28. The first kappa shape index (κ1) is 18.0. The van der Waals surface area contributed by atoms with Crippen LogP contribution in [-0.2, 0) is 10.0 Å². The minimum absolute atomic E-state index is 0.0331. The molecule has 1 fully saturated rings. The van der Waals surface area contributed by atoms with Crippen LogP contribution < -0.4 is 14.5 Å². The first-order valence-corrected chi connectivity index (χ1v) is 9.78. The Hall–Kier alpha value is -1.37. The number of sulfonamides is 1. The molecule has 0 aromatic heterocycles. The Labute approximate surface area is 140 Å². The van der Waals surface area contributed by atoms with Gasteiger partial charge in [-0.05, 0) is 12.1 Å². The van der Waals surface area contributed by atoms with Crippen molar-refractivity contribution in [3.63, 3.8) is 0 Å². The summed E-state index contributed by atoms with van der Waals surface area (Å²) in [4.78, 5) is 3.53. The van der Waals surface area contributed by atoms with E-state index in [-0.39, 0.29) is 11.8 Å². The molecule has 0 saturated carbocycles. The van der Waals surface area contributed by atoms with Gasteiger partial charge in [0.1, 0.15) is 6.04 Å². The third-order valence-corrected chi connectivity index (χ3v) is 5.68. The normalized spacial score (nSPS) is 17.1. The molecule has 1 heterocycles. The smallest absolute Gasteiger partial charge is 0.215 e. The molecule has 6 heteroatoms. The molecule has 2 N–H and O–H groups in total. The number of anilines is 1. The molecule has 0 bridgehead atoms. The predicted molar refractivity (Wildman–Crippen MR) is 95.4 cm³/mol. The minimum atomic E-state index is -3.28.